The minimum atomic E-state index is -0.506. The monoisotopic (exact) mass is 850 g/mol. The van der Waals surface area contributed by atoms with Gasteiger partial charge in [-0.2, -0.15) is 0 Å². The topological polar surface area (TPSA) is 136 Å². The van der Waals surface area contributed by atoms with Crippen molar-refractivity contribution >= 4 is 55.9 Å². The summed E-state index contributed by atoms with van der Waals surface area (Å²) in [6.45, 7) is 7.41. The Morgan fingerprint density at radius 2 is 0.825 bits per heavy atom. The number of hydrogen-bond donors (Lipinski definition) is 2. The number of rotatable bonds is 14. The van der Waals surface area contributed by atoms with Crippen LogP contribution in [0, 0.1) is 0 Å². The third kappa shape index (κ3) is 11.2. The maximum absolute atomic E-state index is 13.1. The number of piperidine rings is 2. The summed E-state index contributed by atoms with van der Waals surface area (Å²) in [7, 11) is 5.92. The first kappa shape index (κ1) is 44.5. The van der Waals surface area contributed by atoms with E-state index in [9.17, 15) is 19.2 Å². The zero-order valence-corrected chi connectivity index (χ0v) is 36.4. The summed E-state index contributed by atoms with van der Waals surface area (Å²) in [6.07, 6.45) is 27.7. The molecule has 2 amide bonds. The number of hydrogen-bond acceptors (Lipinski definition) is 13. The molecule has 4 spiro atoms. The van der Waals surface area contributed by atoms with Crippen LogP contribution in [0.3, 0.4) is 0 Å². The number of nitrogens with one attached hydrogen (secondary N) is 2. The summed E-state index contributed by atoms with van der Waals surface area (Å²) in [5, 5.41) is 5.61. The molecule has 0 bridgehead atoms. The summed E-state index contributed by atoms with van der Waals surface area (Å²) in [6, 6.07) is 0. The highest BCUT2D eigenvalue weighted by Crippen LogP contribution is 2.62. The van der Waals surface area contributed by atoms with Gasteiger partial charge in [-0.05, 0) is 51.4 Å². The quantitative estimate of drug-likeness (QED) is 0.0429. The Morgan fingerprint density at radius 1 is 0.526 bits per heavy atom. The molecule has 0 unspecified atom stereocenters. The number of alkyl carbamates (subject to hydrolysis) is 2. The van der Waals surface area contributed by atoms with Crippen LogP contribution in [0.2, 0.25) is 0 Å². The summed E-state index contributed by atoms with van der Waals surface area (Å²) < 4.78 is 28.3. The maximum Gasteiger partial charge on any atom is 0.407 e. The standard InChI is InChI=1S/C42H66N4O8S3/c1-3-35(47)51-27-25-43-37(49)53-33-29-39(17-9-5-10-18-39)45(40(30-33)19-11-6-12-20-40)55-57-56-46-41(21-13-7-14-22-41)31-34(32-42(46)23-15-8-16-24-42)54-38(50)44-26-28-52-36(48)4-2/h3-4,33-34H,1-2,5-32H2,(H,43,49)(H,44,50). The zero-order valence-electron chi connectivity index (χ0n) is 33.9. The maximum atomic E-state index is 13.1. The molecule has 0 aromatic heterocycles. The van der Waals surface area contributed by atoms with E-state index in [1.165, 1.54) is 77.0 Å². The molecule has 4 aliphatic carbocycles. The Labute approximate surface area is 351 Å². The minimum absolute atomic E-state index is 0.0419. The van der Waals surface area contributed by atoms with Gasteiger partial charge in [0.25, 0.3) is 0 Å². The fourth-order valence-corrected chi connectivity index (χ4v) is 16.8. The molecule has 57 heavy (non-hydrogen) atoms. The second-order valence-electron chi connectivity index (χ2n) is 17.4. The first-order chi connectivity index (χ1) is 27.7. The number of ether oxygens (including phenoxy) is 4. The van der Waals surface area contributed by atoms with Crippen LogP contribution in [0.4, 0.5) is 9.59 Å². The van der Waals surface area contributed by atoms with E-state index in [1.807, 2.05) is 31.8 Å². The van der Waals surface area contributed by atoms with Crippen molar-refractivity contribution in [3.05, 3.63) is 25.3 Å². The van der Waals surface area contributed by atoms with E-state index in [0.29, 0.717) is 0 Å². The van der Waals surface area contributed by atoms with Gasteiger partial charge in [0.15, 0.2) is 0 Å². The van der Waals surface area contributed by atoms with Gasteiger partial charge in [0.05, 0.1) is 13.1 Å². The van der Waals surface area contributed by atoms with Crippen molar-refractivity contribution < 1.29 is 38.1 Å². The SMILES string of the molecule is C=CC(=O)OCCNC(=O)OC1CC2(CCCCC2)N(SSSN2C3(CCCCC3)CC(OC(=O)NCCOC(=O)C=C)CC23CCCCC3)C2(CCCCC2)C1. The molecule has 4 saturated carbocycles. The highest BCUT2D eigenvalue weighted by molar-refractivity contribution is 9.08. The van der Waals surface area contributed by atoms with Gasteiger partial charge in [-0.25, -0.2) is 27.8 Å². The molecule has 2 saturated heterocycles. The van der Waals surface area contributed by atoms with Crippen LogP contribution in [0.1, 0.15) is 154 Å². The summed E-state index contributed by atoms with van der Waals surface area (Å²) in [5.74, 6) is -1.01. The van der Waals surface area contributed by atoms with E-state index in [2.05, 4.69) is 32.4 Å². The molecule has 6 rings (SSSR count). The Bertz CT molecular complexity index is 1240. The minimum Gasteiger partial charge on any atom is -0.461 e. The molecule has 6 aliphatic rings. The zero-order chi connectivity index (χ0) is 40.2. The normalized spacial score (nSPS) is 26.6. The molecule has 0 atom stereocenters. The first-order valence-electron chi connectivity index (χ1n) is 21.8. The van der Waals surface area contributed by atoms with Crippen LogP contribution in [-0.4, -0.2) is 93.4 Å². The number of nitrogens with zero attached hydrogens (tertiary/aromatic N) is 2. The van der Waals surface area contributed by atoms with Gasteiger partial charge >= 0.3 is 24.1 Å². The molecule has 12 nitrogen and oxygen atoms in total. The van der Waals surface area contributed by atoms with Gasteiger partial charge in [0.2, 0.25) is 0 Å². The van der Waals surface area contributed by atoms with Crippen molar-refractivity contribution in [3.8, 4) is 0 Å². The second-order valence-corrected chi connectivity index (χ2v) is 21.1. The van der Waals surface area contributed by atoms with Gasteiger partial charge in [0.1, 0.15) is 25.4 Å². The van der Waals surface area contributed by atoms with Crippen molar-refractivity contribution in [1.82, 2.24) is 19.2 Å². The highest BCUT2D eigenvalue weighted by Gasteiger charge is 2.58. The molecule has 0 radical (unpaired) electrons. The van der Waals surface area contributed by atoms with E-state index in [0.717, 1.165) is 89.2 Å². The third-order valence-electron chi connectivity index (χ3n) is 13.6. The lowest BCUT2D eigenvalue weighted by atomic mass is 9.66. The van der Waals surface area contributed by atoms with E-state index >= 15 is 0 Å². The molecule has 0 aromatic carbocycles. The predicted molar refractivity (Wildman–Crippen MR) is 227 cm³/mol. The Balaban J connectivity index is 1.16. The van der Waals surface area contributed by atoms with Crippen LogP contribution in [0.5, 0.6) is 0 Å². The summed E-state index contributed by atoms with van der Waals surface area (Å²) in [4.78, 5) is 49.1. The highest BCUT2D eigenvalue weighted by atomic mass is 33.5. The molecular formula is C42H66N4O8S3. The molecule has 15 heteroatoms. The van der Waals surface area contributed by atoms with Crippen molar-refractivity contribution in [2.75, 3.05) is 26.3 Å². The smallest absolute Gasteiger partial charge is 0.407 e. The van der Waals surface area contributed by atoms with E-state index in [-0.39, 0.29) is 60.7 Å². The molecule has 2 aliphatic heterocycles. The predicted octanol–water partition coefficient (Wildman–Crippen LogP) is 9.50. The largest absolute Gasteiger partial charge is 0.461 e. The van der Waals surface area contributed by atoms with E-state index < -0.39 is 24.1 Å². The van der Waals surface area contributed by atoms with E-state index in [4.69, 9.17) is 18.9 Å². The van der Waals surface area contributed by atoms with Gasteiger partial charge in [-0.15, -0.1) is 0 Å². The van der Waals surface area contributed by atoms with Crippen LogP contribution >= 0.6 is 31.8 Å². The Morgan fingerprint density at radius 3 is 1.11 bits per heavy atom. The molecular weight excluding hydrogens is 785 g/mol. The van der Waals surface area contributed by atoms with Crippen molar-refractivity contribution in [1.29, 1.82) is 0 Å². The number of amides is 2. The number of carbonyl (C=O) groups excluding carboxylic acids is 4. The average molecular weight is 851 g/mol. The van der Waals surface area contributed by atoms with Gasteiger partial charge in [-0.1, -0.05) is 90.2 Å². The molecule has 6 fully saturated rings. The fourth-order valence-electron chi connectivity index (χ4n) is 11.3. The molecule has 320 valence electrons. The number of carbonyl (C=O) groups is 4. The van der Waals surface area contributed by atoms with Crippen LogP contribution in [0.15, 0.2) is 25.3 Å². The third-order valence-corrected chi connectivity index (χ3v) is 17.9. The Hall–Kier alpha value is -2.07. The molecule has 0 aromatic rings. The van der Waals surface area contributed by atoms with Gasteiger partial charge in [-0.3, -0.25) is 0 Å². The van der Waals surface area contributed by atoms with Crippen molar-refractivity contribution in [3.63, 3.8) is 0 Å². The first-order valence-corrected chi connectivity index (χ1v) is 25.1. The summed E-state index contributed by atoms with van der Waals surface area (Å²) >= 11 is 0. The summed E-state index contributed by atoms with van der Waals surface area (Å²) in [5.41, 5.74) is -0.168. The molecule has 2 heterocycles. The average Bonchev–Trinajstić information content (AvgIpc) is 3.21. The Kier molecular flexibility index (Phi) is 16.3. The van der Waals surface area contributed by atoms with Crippen LogP contribution in [0.25, 0.3) is 0 Å². The van der Waals surface area contributed by atoms with Crippen molar-refractivity contribution in [2.24, 2.45) is 0 Å². The lowest BCUT2D eigenvalue weighted by Gasteiger charge is -2.62. The van der Waals surface area contributed by atoms with Gasteiger partial charge in [0, 0.05) is 91.8 Å². The van der Waals surface area contributed by atoms with Crippen LogP contribution in [-0.2, 0) is 28.5 Å². The van der Waals surface area contributed by atoms with E-state index in [1.54, 1.807) is 0 Å². The number of esters is 2. The fraction of sp³-hybridized carbons (Fsp3) is 0.810. The van der Waals surface area contributed by atoms with Crippen molar-refractivity contribution in [2.45, 2.75) is 188 Å². The van der Waals surface area contributed by atoms with Gasteiger partial charge < -0.3 is 29.6 Å². The molecule has 2 N–H and O–H groups in total. The lowest BCUT2D eigenvalue weighted by Crippen LogP contribution is -2.65. The van der Waals surface area contributed by atoms with Crippen LogP contribution < -0.4 is 10.6 Å². The second kappa shape index (κ2) is 20.9. The lowest BCUT2D eigenvalue weighted by molar-refractivity contribution is -0.138.